The number of aromatic nitrogens is 1. The van der Waals surface area contributed by atoms with E-state index in [1.807, 2.05) is 44.2 Å². The predicted octanol–water partition coefficient (Wildman–Crippen LogP) is 7.53. The Kier molecular flexibility index (Phi) is 10.6. The molecule has 1 aliphatic carbocycles. The van der Waals surface area contributed by atoms with Crippen LogP contribution in [-0.4, -0.2) is 43.3 Å². The second-order valence-electron chi connectivity index (χ2n) is 13.2. The van der Waals surface area contributed by atoms with Gasteiger partial charge < -0.3 is 14.8 Å². The molecule has 4 rings (SSSR count). The van der Waals surface area contributed by atoms with Crippen LogP contribution < -0.4 is 15.4 Å². The first-order valence-corrected chi connectivity index (χ1v) is 17.5. The van der Waals surface area contributed by atoms with E-state index in [0.717, 1.165) is 36.3 Å². The largest absolute Gasteiger partial charge is 0.447 e. The molecule has 1 fully saturated rings. The van der Waals surface area contributed by atoms with Crippen LogP contribution in [0.25, 0.3) is 10.4 Å². The third-order valence-corrected chi connectivity index (χ3v) is 10.3. The van der Waals surface area contributed by atoms with Crippen LogP contribution in [0.15, 0.2) is 59.6 Å². The minimum Gasteiger partial charge on any atom is -0.447 e. The first-order valence-electron chi connectivity index (χ1n) is 15.2. The molecule has 0 unspecified atom stereocenters. The molecule has 10 nitrogen and oxygen atoms in total. The van der Waals surface area contributed by atoms with Crippen LogP contribution in [0.5, 0.6) is 0 Å². The Hall–Kier alpha value is -3.48. The minimum absolute atomic E-state index is 0.0318. The van der Waals surface area contributed by atoms with Gasteiger partial charge in [0.1, 0.15) is 5.60 Å². The van der Waals surface area contributed by atoms with Crippen molar-refractivity contribution in [1.82, 2.24) is 15.0 Å². The van der Waals surface area contributed by atoms with Gasteiger partial charge in [-0.2, -0.15) is 0 Å². The summed E-state index contributed by atoms with van der Waals surface area (Å²) >= 11 is 1.46. The fraction of sp³-hybridized carbons (Fsp3) is 0.485. The molecule has 3 N–H and O–H groups in total. The van der Waals surface area contributed by atoms with Crippen LogP contribution in [-0.2, 0) is 25.1 Å². The molecule has 45 heavy (non-hydrogen) atoms. The summed E-state index contributed by atoms with van der Waals surface area (Å²) in [6.07, 6.45) is 3.74. The molecule has 0 aliphatic heterocycles. The van der Waals surface area contributed by atoms with Crippen molar-refractivity contribution in [2.45, 2.75) is 108 Å². The molecule has 0 atom stereocenters. The number of nitrogens with one attached hydrogen (secondary N) is 3. The smallest absolute Gasteiger partial charge is 0.412 e. The van der Waals surface area contributed by atoms with E-state index in [1.165, 1.54) is 17.4 Å². The van der Waals surface area contributed by atoms with Crippen molar-refractivity contribution in [2.75, 3.05) is 5.32 Å². The fourth-order valence-corrected chi connectivity index (χ4v) is 8.11. The number of sulfonamides is 1. The lowest BCUT2D eigenvalue weighted by molar-refractivity contribution is 0.0466. The number of hydrogen-bond acceptors (Lipinski definition) is 8. The van der Waals surface area contributed by atoms with Gasteiger partial charge in [0.15, 0.2) is 0 Å². The lowest BCUT2D eigenvalue weighted by atomic mass is 9.86. The van der Waals surface area contributed by atoms with Crippen LogP contribution >= 0.6 is 11.3 Å². The molecule has 1 aromatic heterocycles. The van der Waals surface area contributed by atoms with Crippen LogP contribution in [0.2, 0.25) is 0 Å². The number of alkyl carbamates (subject to hydrolysis) is 1. The summed E-state index contributed by atoms with van der Waals surface area (Å²) in [5.74, 6) is 0.208. The Bertz CT molecular complexity index is 1590. The van der Waals surface area contributed by atoms with Crippen molar-refractivity contribution in [1.29, 1.82) is 0 Å². The molecule has 2 aromatic carbocycles. The van der Waals surface area contributed by atoms with Crippen molar-refractivity contribution >= 4 is 39.2 Å². The van der Waals surface area contributed by atoms with Crippen LogP contribution in [0, 0.1) is 0 Å². The average molecular weight is 657 g/mol. The summed E-state index contributed by atoms with van der Waals surface area (Å²) in [6.45, 7) is 12.5. The Morgan fingerprint density at radius 2 is 1.62 bits per heavy atom. The van der Waals surface area contributed by atoms with Crippen molar-refractivity contribution in [2.24, 2.45) is 0 Å². The molecular formula is C33H44N4O6S2. The Morgan fingerprint density at radius 1 is 0.956 bits per heavy atom. The van der Waals surface area contributed by atoms with Gasteiger partial charge in [-0.05, 0) is 91.8 Å². The molecule has 1 saturated carbocycles. The molecule has 2 amide bonds. The van der Waals surface area contributed by atoms with E-state index in [0.29, 0.717) is 10.4 Å². The van der Waals surface area contributed by atoms with Crippen LogP contribution in [0.4, 0.5) is 15.3 Å². The first-order chi connectivity index (χ1) is 21.0. The van der Waals surface area contributed by atoms with Gasteiger partial charge in [0.2, 0.25) is 10.0 Å². The second kappa shape index (κ2) is 13.9. The molecule has 244 valence electrons. The third kappa shape index (κ3) is 9.51. The van der Waals surface area contributed by atoms with E-state index < -0.39 is 33.3 Å². The number of carbonyl (C=O) groups is 2. The number of amides is 2. The number of anilines is 1. The molecule has 0 spiro atoms. The highest BCUT2D eigenvalue weighted by Gasteiger charge is 2.30. The number of thiazole rings is 1. The summed E-state index contributed by atoms with van der Waals surface area (Å²) in [5, 5.41) is 6.57. The number of carbonyl (C=O) groups excluding carboxylic acids is 2. The molecule has 1 heterocycles. The standard InChI is InChI=1S/C33H44N4O6S2/c1-21(2)42-30(38)35-24-15-13-22(14-16-24)29-34-20-27(44-29)26-18-17-25(19-28(26)45(40,41)37-32(3,4)5)36-31(39)43-33(6,7)23-11-9-8-10-12-23/h8-12,17-22,24,37H,13-16H2,1-7H3,(H,35,38)(H,36,39)/t22-,24-. The van der Waals surface area contributed by atoms with E-state index >= 15 is 0 Å². The van der Waals surface area contributed by atoms with Gasteiger partial charge >= 0.3 is 12.2 Å². The second-order valence-corrected chi connectivity index (χ2v) is 15.9. The van der Waals surface area contributed by atoms with Gasteiger partial charge in [0.25, 0.3) is 0 Å². The number of nitrogens with zero attached hydrogens (tertiary/aromatic N) is 1. The van der Waals surface area contributed by atoms with E-state index in [9.17, 15) is 18.0 Å². The summed E-state index contributed by atoms with van der Waals surface area (Å²) in [4.78, 5) is 30.3. The summed E-state index contributed by atoms with van der Waals surface area (Å²) in [5.41, 5.74) is -0.0305. The number of hydrogen-bond donors (Lipinski definition) is 3. The lowest BCUT2D eigenvalue weighted by Crippen LogP contribution is -2.40. The highest BCUT2D eigenvalue weighted by molar-refractivity contribution is 7.89. The van der Waals surface area contributed by atoms with Crippen molar-refractivity contribution in [3.8, 4) is 10.4 Å². The Labute approximate surface area is 270 Å². The number of ether oxygens (including phenoxy) is 2. The zero-order chi connectivity index (χ0) is 33.0. The molecule has 0 saturated heterocycles. The number of rotatable bonds is 9. The Morgan fingerprint density at radius 3 is 2.24 bits per heavy atom. The van der Waals surface area contributed by atoms with E-state index in [4.69, 9.17) is 9.47 Å². The molecule has 3 aromatic rings. The molecule has 0 bridgehead atoms. The van der Waals surface area contributed by atoms with E-state index in [-0.39, 0.29) is 28.6 Å². The SMILES string of the molecule is CC(C)OC(=O)N[C@H]1CC[C@H](c2ncc(-c3ccc(NC(=O)OC(C)(C)c4ccccc4)cc3S(=O)(=O)NC(C)(C)C)s2)CC1. The maximum atomic E-state index is 13.7. The highest BCUT2D eigenvalue weighted by Crippen LogP contribution is 2.40. The summed E-state index contributed by atoms with van der Waals surface area (Å²) in [7, 11) is -3.99. The van der Waals surface area contributed by atoms with Crippen LogP contribution in [0.1, 0.15) is 90.6 Å². The van der Waals surface area contributed by atoms with Gasteiger partial charge in [-0.25, -0.2) is 27.7 Å². The van der Waals surface area contributed by atoms with Gasteiger partial charge in [-0.15, -0.1) is 11.3 Å². The fourth-order valence-electron chi connectivity index (χ4n) is 5.26. The normalized spacial score (nSPS) is 17.5. The van der Waals surface area contributed by atoms with E-state index in [2.05, 4.69) is 20.3 Å². The zero-order valence-corrected chi connectivity index (χ0v) is 28.6. The topological polar surface area (TPSA) is 136 Å². The number of benzene rings is 2. The maximum Gasteiger partial charge on any atom is 0.412 e. The Balaban J connectivity index is 1.54. The first kappa shape index (κ1) is 34.4. The average Bonchev–Trinajstić information content (AvgIpc) is 3.42. The molecule has 12 heteroatoms. The van der Waals surface area contributed by atoms with Crippen LogP contribution in [0.3, 0.4) is 0 Å². The lowest BCUT2D eigenvalue weighted by Gasteiger charge is -2.28. The summed E-state index contributed by atoms with van der Waals surface area (Å²) in [6, 6.07) is 14.2. The highest BCUT2D eigenvalue weighted by atomic mass is 32.2. The molecule has 0 radical (unpaired) electrons. The van der Waals surface area contributed by atoms with E-state index in [1.54, 1.807) is 52.9 Å². The quantitative estimate of drug-likeness (QED) is 0.217. The maximum absolute atomic E-state index is 13.7. The predicted molar refractivity (Wildman–Crippen MR) is 177 cm³/mol. The minimum atomic E-state index is -3.99. The zero-order valence-electron chi connectivity index (χ0n) is 27.0. The van der Waals surface area contributed by atoms with Gasteiger partial charge in [0, 0.05) is 34.9 Å². The van der Waals surface area contributed by atoms with Gasteiger partial charge in [-0.3, -0.25) is 5.32 Å². The van der Waals surface area contributed by atoms with Gasteiger partial charge in [0.05, 0.1) is 20.9 Å². The molecule has 1 aliphatic rings. The van der Waals surface area contributed by atoms with Crippen molar-refractivity contribution in [3.63, 3.8) is 0 Å². The third-order valence-electron chi connectivity index (χ3n) is 7.31. The van der Waals surface area contributed by atoms with Gasteiger partial charge in [-0.1, -0.05) is 36.4 Å². The monoisotopic (exact) mass is 656 g/mol. The van der Waals surface area contributed by atoms with Crippen molar-refractivity contribution < 1.29 is 27.5 Å². The molecular weight excluding hydrogens is 613 g/mol. The van der Waals surface area contributed by atoms with Crippen molar-refractivity contribution in [3.05, 3.63) is 65.3 Å². The summed E-state index contributed by atoms with van der Waals surface area (Å²) < 4.78 is 41.0.